The molecule has 0 radical (unpaired) electrons. The van der Waals surface area contributed by atoms with E-state index in [9.17, 15) is 8.42 Å². The number of benzene rings is 2. The van der Waals surface area contributed by atoms with E-state index in [1.165, 1.54) is 14.1 Å². The van der Waals surface area contributed by atoms with E-state index in [2.05, 4.69) is 10.2 Å². The fourth-order valence-electron chi connectivity index (χ4n) is 3.41. The zero-order valence-corrected chi connectivity index (χ0v) is 19.6. The third-order valence-corrected chi connectivity index (χ3v) is 6.65. The number of aromatic nitrogens is 3. The predicted octanol–water partition coefficient (Wildman–Crippen LogP) is 2.95. The van der Waals surface area contributed by atoms with Gasteiger partial charge in [-0.3, -0.25) is 13.7 Å². The van der Waals surface area contributed by atoms with Crippen LogP contribution in [0.1, 0.15) is 28.8 Å². The fraction of sp³-hybridized carbons (Fsp3) is 0.286. The van der Waals surface area contributed by atoms with Crippen LogP contribution in [0.4, 0.5) is 0 Å². The third kappa shape index (κ3) is 4.14. The van der Waals surface area contributed by atoms with E-state index in [1.807, 2.05) is 41.8 Å². The third-order valence-electron chi connectivity index (χ3n) is 5.07. The highest BCUT2D eigenvalue weighted by molar-refractivity contribution is 7.84. The van der Waals surface area contributed by atoms with E-state index in [1.54, 1.807) is 19.2 Å². The van der Waals surface area contributed by atoms with Crippen molar-refractivity contribution >= 4 is 27.6 Å². The van der Waals surface area contributed by atoms with Crippen LogP contribution < -0.4 is 4.74 Å². The number of ether oxygens (including phenoxy) is 1. The molecule has 0 saturated carbocycles. The summed E-state index contributed by atoms with van der Waals surface area (Å²) < 4.78 is 38.1. The minimum Gasteiger partial charge on any atom is -0.497 e. The van der Waals surface area contributed by atoms with Gasteiger partial charge in [-0.15, -0.1) is 10.2 Å². The Morgan fingerprint density at radius 2 is 1.84 bits per heavy atom. The van der Waals surface area contributed by atoms with Crippen LogP contribution >= 0.6 is 11.6 Å². The number of methoxy groups -OCH3 is 1. The number of aryl methyl sites for hydroxylation is 1. The summed E-state index contributed by atoms with van der Waals surface area (Å²) >= 11 is 6.09. The molecule has 0 unspecified atom stereocenters. The normalized spacial score (nSPS) is 15.7. The first-order valence-electron chi connectivity index (χ1n) is 9.72. The molecule has 0 saturated heterocycles. The number of fused-ring (bicyclic) bond motifs is 3. The molecule has 1 atom stereocenters. The minimum atomic E-state index is -3.90. The minimum absolute atomic E-state index is 0.235. The largest absolute Gasteiger partial charge is 0.497 e. The van der Waals surface area contributed by atoms with Crippen molar-refractivity contribution in [2.45, 2.75) is 13.0 Å². The van der Waals surface area contributed by atoms with Crippen molar-refractivity contribution in [2.24, 2.45) is 4.99 Å². The molecule has 3 aromatic rings. The Hall–Kier alpha value is -2.79. The van der Waals surface area contributed by atoms with Crippen LogP contribution in [-0.2, 0) is 14.5 Å². The number of aliphatic imine (C=N–C) groups is 1. The van der Waals surface area contributed by atoms with Crippen molar-refractivity contribution in [1.29, 1.82) is 0 Å². The van der Waals surface area contributed by atoms with Gasteiger partial charge in [0, 0.05) is 30.2 Å². The maximum absolute atomic E-state index is 12.2. The zero-order chi connectivity index (χ0) is 23.0. The summed E-state index contributed by atoms with van der Waals surface area (Å²) in [6.07, 6.45) is 0. The first-order chi connectivity index (χ1) is 15.2. The second kappa shape index (κ2) is 8.62. The van der Waals surface area contributed by atoms with Gasteiger partial charge in [0.05, 0.1) is 25.1 Å². The molecule has 0 fully saturated rings. The maximum atomic E-state index is 12.2. The Morgan fingerprint density at radius 1 is 1.12 bits per heavy atom. The number of halogens is 1. The van der Waals surface area contributed by atoms with Crippen LogP contribution in [0.15, 0.2) is 47.5 Å². The Kier molecular flexibility index (Phi) is 6.04. The van der Waals surface area contributed by atoms with Gasteiger partial charge in [-0.25, -0.2) is 0 Å². The van der Waals surface area contributed by atoms with E-state index in [0.717, 1.165) is 21.1 Å². The summed E-state index contributed by atoms with van der Waals surface area (Å²) in [6, 6.07) is 12.2. The molecule has 0 N–H and O–H groups in total. The smallest absolute Gasteiger partial charge is 0.337 e. The summed E-state index contributed by atoms with van der Waals surface area (Å²) in [4.78, 5) is 4.90. The summed E-state index contributed by atoms with van der Waals surface area (Å²) in [5.41, 5.74) is 3.03. The summed E-state index contributed by atoms with van der Waals surface area (Å²) in [7, 11) is 0.496. The van der Waals surface area contributed by atoms with Gasteiger partial charge < -0.3 is 4.74 Å². The lowest BCUT2D eigenvalue weighted by Gasteiger charge is -2.15. The fourth-order valence-corrected chi connectivity index (χ4v) is 4.05. The van der Waals surface area contributed by atoms with Gasteiger partial charge in [-0.05, 0) is 37.3 Å². The highest BCUT2D eigenvalue weighted by atomic mass is 35.5. The van der Waals surface area contributed by atoms with Gasteiger partial charge in [0.1, 0.15) is 17.6 Å². The van der Waals surface area contributed by atoms with Crippen molar-refractivity contribution in [3.63, 3.8) is 0 Å². The van der Waals surface area contributed by atoms with Crippen molar-refractivity contribution in [3.8, 4) is 11.4 Å². The molecule has 2 heterocycles. The van der Waals surface area contributed by atoms with Gasteiger partial charge in [-0.1, -0.05) is 23.7 Å². The molecular formula is C21H22ClN5O4S. The van der Waals surface area contributed by atoms with Gasteiger partial charge in [-0.2, -0.15) is 12.7 Å². The van der Waals surface area contributed by atoms with Crippen LogP contribution in [0, 0.1) is 6.92 Å². The van der Waals surface area contributed by atoms with Gasteiger partial charge >= 0.3 is 10.3 Å². The second-order valence-electron chi connectivity index (χ2n) is 7.35. The van der Waals surface area contributed by atoms with Crippen molar-refractivity contribution < 1.29 is 17.3 Å². The van der Waals surface area contributed by atoms with Gasteiger partial charge in [0.25, 0.3) is 0 Å². The maximum Gasteiger partial charge on any atom is 0.337 e. The first-order valence-corrected chi connectivity index (χ1v) is 11.5. The molecule has 0 aliphatic carbocycles. The Morgan fingerprint density at radius 3 is 2.50 bits per heavy atom. The molecule has 4 rings (SSSR count). The average molecular weight is 476 g/mol. The molecule has 1 aliphatic rings. The zero-order valence-electron chi connectivity index (χ0n) is 18.0. The molecule has 11 heteroatoms. The molecule has 1 aromatic heterocycles. The number of rotatable bonds is 6. The molecule has 9 nitrogen and oxygen atoms in total. The SMILES string of the molecule is COc1ccc2c(c1)C(c1ccc(Cl)cc1)=N[C@@H](COS(=O)(=O)N(C)C)c1nnc(C)n1-2. The van der Waals surface area contributed by atoms with Crippen molar-refractivity contribution in [2.75, 3.05) is 27.8 Å². The summed E-state index contributed by atoms with van der Waals surface area (Å²) in [6.45, 7) is 1.59. The standard InChI is InChI=1S/C21H22ClN5O4S/c1-13-24-25-21-18(12-31-32(28,29)26(2)3)23-20(14-5-7-15(22)8-6-14)17-11-16(30-4)9-10-19(17)27(13)21/h5-11,18H,12H2,1-4H3/t18-/m0/s1. The van der Waals surface area contributed by atoms with E-state index < -0.39 is 16.3 Å². The predicted molar refractivity (Wildman–Crippen MR) is 121 cm³/mol. The number of hydrogen-bond donors (Lipinski definition) is 0. The summed E-state index contributed by atoms with van der Waals surface area (Å²) in [5, 5.41) is 9.09. The lowest BCUT2D eigenvalue weighted by Crippen LogP contribution is -2.26. The van der Waals surface area contributed by atoms with E-state index in [4.69, 9.17) is 25.5 Å². The topological polar surface area (TPSA) is 98.9 Å². The molecule has 0 bridgehead atoms. The molecule has 0 amide bonds. The Balaban J connectivity index is 1.92. The van der Waals surface area contributed by atoms with Gasteiger partial charge in [0.15, 0.2) is 5.82 Å². The van der Waals surface area contributed by atoms with Crippen LogP contribution in [0.25, 0.3) is 5.69 Å². The highest BCUT2D eigenvalue weighted by Gasteiger charge is 2.30. The number of hydrogen-bond acceptors (Lipinski definition) is 7. The second-order valence-corrected chi connectivity index (χ2v) is 9.61. The van der Waals surface area contributed by atoms with Crippen LogP contribution in [0.2, 0.25) is 5.02 Å². The lowest BCUT2D eigenvalue weighted by atomic mass is 10.00. The van der Waals surface area contributed by atoms with E-state index >= 15 is 0 Å². The monoisotopic (exact) mass is 475 g/mol. The van der Waals surface area contributed by atoms with Crippen LogP contribution in [0.5, 0.6) is 5.75 Å². The first kappa shape index (κ1) is 22.4. The Labute approximate surface area is 191 Å². The number of nitrogens with zero attached hydrogens (tertiary/aromatic N) is 5. The van der Waals surface area contributed by atoms with Gasteiger partial charge in [0.2, 0.25) is 0 Å². The van der Waals surface area contributed by atoms with Crippen molar-refractivity contribution in [3.05, 3.63) is 70.3 Å². The molecular weight excluding hydrogens is 454 g/mol. The van der Waals surface area contributed by atoms with E-state index in [-0.39, 0.29) is 6.61 Å². The molecule has 168 valence electrons. The van der Waals surface area contributed by atoms with Crippen LogP contribution in [-0.4, -0.2) is 61.0 Å². The summed E-state index contributed by atoms with van der Waals surface area (Å²) in [5.74, 6) is 1.77. The Bertz CT molecular complexity index is 1290. The molecule has 32 heavy (non-hydrogen) atoms. The average Bonchev–Trinajstić information content (AvgIpc) is 3.08. The molecule has 2 aromatic carbocycles. The van der Waals surface area contributed by atoms with Crippen LogP contribution in [0.3, 0.4) is 0 Å². The highest BCUT2D eigenvalue weighted by Crippen LogP contribution is 2.33. The molecule has 1 aliphatic heterocycles. The van der Waals surface area contributed by atoms with E-state index in [0.29, 0.717) is 28.1 Å². The quantitative estimate of drug-likeness (QED) is 0.543. The molecule has 0 spiro atoms. The lowest BCUT2D eigenvalue weighted by molar-refractivity contribution is 0.265. The van der Waals surface area contributed by atoms with Crippen molar-refractivity contribution in [1.82, 2.24) is 19.1 Å².